The third kappa shape index (κ3) is 4.34. The first kappa shape index (κ1) is 15.1. The van der Waals surface area contributed by atoms with Gasteiger partial charge in [0, 0.05) is 24.9 Å². The number of methoxy groups -OCH3 is 1. The fourth-order valence-corrected chi connectivity index (χ4v) is 1.89. The number of hydrogen-bond acceptors (Lipinski definition) is 5. The molecule has 0 radical (unpaired) electrons. The summed E-state index contributed by atoms with van der Waals surface area (Å²) in [4.78, 5) is 10.5. The van der Waals surface area contributed by atoms with Gasteiger partial charge in [0.2, 0.25) is 0 Å². The van der Waals surface area contributed by atoms with Crippen LogP contribution in [0, 0.1) is 0 Å². The van der Waals surface area contributed by atoms with Crippen LogP contribution in [0.3, 0.4) is 0 Å². The first-order chi connectivity index (χ1) is 10.2. The van der Waals surface area contributed by atoms with Gasteiger partial charge in [-0.3, -0.25) is 0 Å². The fourth-order valence-electron chi connectivity index (χ4n) is 1.89. The van der Waals surface area contributed by atoms with Crippen molar-refractivity contribution in [2.75, 3.05) is 32.2 Å². The number of benzene rings is 1. The van der Waals surface area contributed by atoms with Crippen molar-refractivity contribution < 1.29 is 9.47 Å². The standard InChI is InChI=1S/C16H21N3O2/c1-4-13-10-16(18-12-17-13)19(2)8-9-21-15-7-5-6-14(11-15)20-3/h5-7,10-12H,4,8-9H2,1-3H3. The van der Waals surface area contributed by atoms with E-state index >= 15 is 0 Å². The lowest BCUT2D eigenvalue weighted by Crippen LogP contribution is -2.24. The van der Waals surface area contributed by atoms with Gasteiger partial charge in [-0.15, -0.1) is 0 Å². The molecule has 0 N–H and O–H groups in total. The second kappa shape index (κ2) is 7.47. The minimum atomic E-state index is 0.579. The summed E-state index contributed by atoms with van der Waals surface area (Å²) < 4.78 is 10.9. The van der Waals surface area contributed by atoms with Gasteiger partial charge in [0.05, 0.1) is 13.7 Å². The zero-order valence-corrected chi connectivity index (χ0v) is 12.7. The molecule has 0 saturated heterocycles. The number of ether oxygens (including phenoxy) is 2. The number of hydrogen-bond donors (Lipinski definition) is 0. The highest BCUT2D eigenvalue weighted by Gasteiger charge is 2.04. The Labute approximate surface area is 125 Å². The van der Waals surface area contributed by atoms with Crippen LogP contribution in [-0.4, -0.2) is 37.3 Å². The smallest absolute Gasteiger partial charge is 0.132 e. The Kier molecular flexibility index (Phi) is 5.37. The molecule has 0 amide bonds. The lowest BCUT2D eigenvalue weighted by atomic mass is 10.3. The number of aryl methyl sites for hydroxylation is 1. The Morgan fingerprint density at radius 3 is 2.71 bits per heavy atom. The largest absolute Gasteiger partial charge is 0.497 e. The van der Waals surface area contributed by atoms with E-state index in [9.17, 15) is 0 Å². The molecule has 1 aromatic carbocycles. The molecule has 21 heavy (non-hydrogen) atoms. The SMILES string of the molecule is CCc1cc(N(C)CCOc2cccc(OC)c2)ncn1. The van der Waals surface area contributed by atoms with Crippen molar-refractivity contribution in [2.24, 2.45) is 0 Å². The Hall–Kier alpha value is -2.30. The Balaban J connectivity index is 1.87. The summed E-state index contributed by atoms with van der Waals surface area (Å²) in [6, 6.07) is 9.61. The van der Waals surface area contributed by atoms with E-state index in [0.717, 1.165) is 36.0 Å². The summed E-state index contributed by atoms with van der Waals surface area (Å²) in [5.74, 6) is 2.51. The zero-order chi connectivity index (χ0) is 15.1. The molecular weight excluding hydrogens is 266 g/mol. The summed E-state index contributed by atoms with van der Waals surface area (Å²) in [5, 5.41) is 0. The number of aromatic nitrogens is 2. The highest BCUT2D eigenvalue weighted by atomic mass is 16.5. The van der Waals surface area contributed by atoms with Crippen molar-refractivity contribution in [3.05, 3.63) is 42.4 Å². The summed E-state index contributed by atoms with van der Waals surface area (Å²) in [6.45, 7) is 3.41. The molecule has 0 aliphatic heterocycles. The topological polar surface area (TPSA) is 47.5 Å². The van der Waals surface area contributed by atoms with E-state index in [-0.39, 0.29) is 0 Å². The first-order valence-corrected chi connectivity index (χ1v) is 7.02. The van der Waals surface area contributed by atoms with Gasteiger partial charge in [-0.2, -0.15) is 0 Å². The Bertz CT molecular complexity index is 575. The van der Waals surface area contributed by atoms with E-state index < -0.39 is 0 Å². The average Bonchev–Trinajstić information content (AvgIpc) is 2.55. The van der Waals surface area contributed by atoms with Crippen LogP contribution in [0.25, 0.3) is 0 Å². The van der Waals surface area contributed by atoms with Crippen LogP contribution in [0.5, 0.6) is 11.5 Å². The van der Waals surface area contributed by atoms with Gasteiger partial charge in [0.15, 0.2) is 0 Å². The van der Waals surface area contributed by atoms with Crippen LogP contribution < -0.4 is 14.4 Å². The molecule has 112 valence electrons. The molecule has 0 spiro atoms. The molecule has 0 atom stereocenters. The summed E-state index contributed by atoms with van der Waals surface area (Å²) in [6.07, 6.45) is 2.51. The number of likely N-dealkylation sites (N-methyl/N-ethyl adjacent to an activating group) is 1. The van der Waals surface area contributed by atoms with Crippen molar-refractivity contribution in [2.45, 2.75) is 13.3 Å². The van der Waals surface area contributed by atoms with Gasteiger partial charge in [0.1, 0.15) is 30.3 Å². The van der Waals surface area contributed by atoms with Crippen molar-refractivity contribution in [3.63, 3.8) is 0 Å². The Morgan fingerprint density at radius 1 is 1.14 bits per heavy atom. The molecule has 1 aromatic heterocycles. The van der Waals surface area contributed by atoms with E-state index in [2.05, 4.69) is 21.8 Å². The molecule has 5 heteroatoms. The van der Waals surface area contributed by atoms with Gasteiger partial charge in [-0.1, -0.05) is 13.0 Å². The first-order valence-electron chi connectivity index (χ1n) is 7.02. The second-order valence-corrected chi connectivity index (χ2v) is 4.67. The van der Waals surface area contributed by atoms with Gasteiger partial charge >= 0.3 is 0 Å². The van der Waals surface area contributed by atoms with Crippen molar-refractivity contribution in [1.29, 1.82) is 0 Å². The van der Waals surface area contributed by atoms with Gasteiger partial charge < -0.3 is 14.4 Å². The summed E-state index contributed by atoms with van der Waals surface area (Å²) >= 11 is 0. The van der Waals surface area contributed by atoms with E-state index in [1.54, 1.807) is 13.4 Å². The van der Waals surface area contributed by atoms with Crippen LogP contribution in [0.15, 0.2) is 36.7 Å². The van der Waals surface area contributed by atoms with Gasteiger partial charge in [-0.05, 0) is 18.6 Å². The maximum Gasteiger partial charge on any atom is 0.132 e. The third-order valence-electron chi connectivity index (χ3n) is 3.20. The molecule has 0 saturated carbocycles. The zero-order valence-electron chi connectivity index (χ0n) is 12.7. The molecule has 2 rings (SSSR count). The van der Waals surface area contributed by atoms with Crippen LogP contribution in [-0.2, 0) is 6.42 Å². The molecule has 0 fully saturated rings. The number of rotatable bonds is 7. The van der Waals surface area contributed by atoms with E-state index in [4.69, 9.17) is 9.47 Å². The molecule has 0 unspecified atom stereocenters. The number of anilines is 1. The van der Waals surface area contributed by atoms with E-state index in [0.29, 0.717) is 6.61 Å². The van der Waals surface area contributed by atoms with Crippen molar-refractivity contribution >= 4 is 5.82 Å². The van der Waals surface area contributed by atoms with Crippen LogP contribution in [0.4, 0.5) is 5.82 Å². The minimum Gasteiger partial charge on any atom is -0.497 e. The summed E-state index contributed by atoms with van der Waals surface area (Å²) in [5.41, 5.74) is 1.04. The Morgan fingerprint density at radius 2 is 1.95 bits per heavy atom. The monoisotopic (exact) mass is 287 g/mol. The quantitative estimate of drug-likeness (QED) is 0.783. The molecule has 0 aliphatic rings. The minimum absolute atomic E-state index is 0.579. The normalized spacial score (nSPS) is 10.2. The highest BCUT2D eigenvalue weighted by Crippen LogP contribution is 2.18. The molecular formula is C16H21N3O2. The van der Waals surface area contributed by atoms with Crippen LogP contribution >= 0.6 is 0 Å². The highest BCUT2D eigenvalue weighted by molar-refractivity contribution is 5.38. The molecule has 0 aliphatic carbocycles. The third-order valence-corrected chi connectivity index (χ3v) is 3.20. The lowest BCUT2D eigenvalue weighted by Gasteiger charge is -2.18. The average molecular weight is 287 g/mol. The molecule has 2 aromatic rings. The molecule has 1 heterocycles. The van der Waals surface area contributed by atoms with Crippen molar-refractivity contribution in [3.8, 4) is 11.5 Å². The van der Waals surface area contributed by atoms with Gasteiger partial charge in [0.25, 0.3) is 0 Å². The second-order valence-electron chi connectivity index (χ2n) is 4.67. The predicted molar refractivity (Wildman–Crippen MR) is 83.2 cm³/mol. The van der Waals surface area contributed by atoms with Crippen LogP contribution in [0.2, 0.25) is 0 Å². The van der Waals surface area contributed by atoms with E-state index in [1.807, 2.05) is 37.4 Å². The number of nitrogens with zero attached hydrogens (tertiary/aromatic N) is 3. The molecule has 5 nitrogen and oxygen atoms in total. The van der Waals surface area contributed by atoms with E-state index in [1.165, 1.54) is 0 Å². The molecule has 0 bridgehead atoms. The fraction of sp³-hybridized carbons (Fsp3) is 0.375. The van der Waals surface area contributed by atoms with Crippen molar-refractivity contribution in [1.82, 2.24) is 9.97 Å². The maximum absolute atomic E-state index is 5.73. The maximum atomic E-state index is 5.73. The summed E-state index contributed by atoms with van der Waals surface area (Å²) in [7, 11) is 3.64. The van der Waals surface area contributed by atoms with Gasteiger partial charge in [-0.25, -0.2) is 9.97 Å². The van der Waals surface area contributed by atoms with Crippen LogP contribution in [0.1, 0.15) is 12.6 Å². The predicted octanol–water partition coefficient (Wildman–Crippen LogP) is 2.56. The lowest BCUT2D eigenvalue weighted by molar-refractivity contribution is 0.322.